The Morgan fingerprint density at radius 2 is 1.87 bits per heavy atom. The SMILES string of the molecule is CCCC(C)CC1(O)CCN(CC)CC1. The van der Waals surface area contributed by atoms with Crippen LogP contribution in [-0.4, -0.2) is 35.2 Å². The van der Waals surface area contributed by atoms with Crippen LogP contribution in [0, 0.1) is 5.92 Å². The van der Waals surface area contributed by atoms with Crippen LogP contribution in [0.1, 0.15) is 52.9 Å². The third kappa shape index (κ3) is 4.12. The largest absolute Gasteiger partial charge is 0.390 e. The molecule has 1 saturated heterocycles. The molecule has 90 valence electrons. The van der Waals surface area contributed by atoms with E-state index in [0.717, 1.165) is 38.9 Å². The third-order valence-electron chi connectivity index (χ3n) is 3.74. The molecule has 0 aromatic carbocycles. The number of aliphatic hydroxyl groups is 1. The Balaban J connectivity index is 2.34. The van der Waals surface area contributed by atoms with E-state index in [1.807, 2.05) is 0 Å². The first kappa shape index (κ1) is 13.0. The van der Waals surface area contributed by atoms with Gasteiger partial charge in [-0.05, 0) is 31.7 Å². The smallest absolute Gasteiger partial charge is 0.0674 e. The summed E-state index contributed by atoms with van der Waals surface area (Å²) in [6.45, 7) is 9.97. The second-order valence-electron chi connectivity index (χ2n) is 5.26. The van der Waals surface area contributed by atoms with Crippen molar-refractivity contribution in [1.29, 1.82) is 0 Å². The summed E-state index contributed by atoms with van der Waals surface area (Å²) in [6.07, 6.45) is 5.42. The van der Waals surface area contributed by atoms with Crippen LogP contribution in [0.3, 0.4) is 0 Å². The van der Waals surface area contributed by atoms with Crippen molar-refractivity contribution in [2.75, 3.05) is 19.6 Å². The molecule has 1 fully saturated rings. The predicted octanol–water partition coefficient (Wildman–Crippen LogP) is 2.66. The zero-order valence-electron chi connectivity index (χ0n) is 10.6. The van der Waals surface area contributed by atoms with Crippen molar-refractivity contribution in [2.24, 2.45) is 5.92 Å². The summed E-state index contributed by atoms with van der Waals surface area (Å²) in [7, 11) is 0. The molecule has 0 aromatic heterocycles. The summed E-state index contributed by atoms with van der Waals surface area (Å²) >= 11 is 0. The molecule has 2 nitrogen and oxygen atoms in total. The van der Waals surface area contributed by atoms with Crippen molar-refractivity contribution >= 4 is 0 Å². The Morgan fingerprint density at radius 1 is 1.27 bits per heavy atom. The maximum atomic E-state index is 10.5. The maximum Gasteiger partial charge on any atom is 0.0674 e. The van der Waals surface area contributed by atoms with E-state index in [1.54, 1.807) is 0 Å². The highest BCUT2D eigenvalue weighted by Crippen LogP contribution is 2.30. The first-order chi connectivity index (χ1) is 7.09. The van der Waals surface area contributed by atoms with Gasteiger partial charge in [-0.1, -0.05) is 33.6 Å². The Labute approximate surface area is 94.7 Å². The lowest BCUT2D eigenvalue weighted by molar-refractivity contribution is -0.0371. The minimum absolute atomic E-state index is 0.361. The van der Waals surface area contributed by atoms with Gasteiger partial charge in [-0.25, -0.2) is 0 Å². The fourth-order valence-corrected chi connectivity index (χ4v) is 2.73. The van der Waals surface area contributed by atoms with E-state index in [4.69, 9.17) is 0 Å². The first-order valence-corrected chi connectivity index (χ1v) is 6.54. The molecule has 0 aromatic rings. The van der Waals surface area contributed by atoms with Crippen LogP contribution in [0.2, 0.25) is 0 Å². The van der Waals surface area contributed by atoms with Gasteiger partial charge in [-0.15, -0.1) is 0 Å². The van der Waals surface area contributed by atoms with Crippen LogP contribution in [0.15, 0.2) is 0 Å². The number of piperidine rings is 1. The molecule has 0 saturated carbocycles. The highest BCUT2D eigenvalue weighted by atomic mass is 16.3. The molecular weight excluding hydrogens is 186 g/mol. The van der Waals surface area contributed by atoms with Crippen molar-refractivity contribution in [2.45, 2.75) is 58.5 Å². The number of hydrogen-bond donors (Lipinski definition) is 1. The minimum atomic E-state index is -0.361. The van der Waals surface area contributed by atoms with E-state index in [0.29, 0.717) is 5.92 Å². The zero-order valence-corrected chi connectivity index (χ0v) is 10.6. The zero-order chi connectivity index (χ0) is 11.3. The van der Waals surface area contributed by atoms with E-state index in [-0.39, 0.29) is 5.60 Å². The fourth-order valence-electron chi connectivity index (χ4n) is 2.73. The lowest BCUT2D eigenvalue weighted by Gasteiger charge is -2.39. The Kier molecular flexibility index (Phi) is 5.07. The summed E-state index contributed by atoms with van der Waals surface area (Å²) in [4.78, 5) is 2.43. The van der Waals surface area contributed by atoms with Crippen molar-refractivity contribution in [1.82, 2.24) is 4.90 Å². The molecule has 1 heterocycles. The topological polar surface area (TPSA) is 23.5 Å². The van der Waals surface area contributed by atoms with Crippen molar-refractivity contribution in [3.05, 3.63) is 0 Å². The molecule has 1 atom stereocenters. The molecule has 1 aliphatic rings. The Bertz CT molecular complexity index is 173. The second-order valence-corrected chi connectivity index (χ2v) is 5.26. The molecule has 0 amide bonds. The number of hydrogen-bond acceptors (Lipinski definition) is 2. The standard InChI is InChI=1S/C13H27NO/c1-4-6-12(3)11-13(15)7-9-14(5-2)10-8-13/h12,15H,4-11H2,1-3H3. The molecule has 1 aliphatic heterocycles. The molecule has 1 N–H and O–H groups in total. The van der Waals surface area contributed by atoms with Gasteiger partial charge in [0, 0.05) is 13.1 Å². The highest BCUT2D eigenvalue weighted by Gasteiger charge is 2.32. The Morgan fingerprint density at radius 3 is 2.33 bits per heavy atom. The second kappa shape index (κ2) is 5.86. The van der Waals surface area contributed by atoms with Gasteiger partial charge in [-0.2, -0.15) is 0 Å². The average molecular weight is 213 g/mol. The van der Waals surface area contributed by atoms with Crippen molar-refractivity contribution in [3.63, 3.8) is 0 Å². The molecule has 0 spiro atoms. The number of likely N-dealkylation sites (tertiary alicyclic amines) is 1. The predicted molar refractivity (Wildman–Crippen MR) is 65.0 cm³/mol. The normalized spacial score (nSPS) is 24.0. The van der Waals surface area contributed by atoms with Crippen LogP contribution in [-0.2, 0) is 0 Å². The van der Waals surface area contributed by atoms with Gasteiger partial charge in [0.25, 0.3) is 0 Å². The maximum absolute atomic E-state index is 10.5. The first-order valence-electron chi connectivity index (χ1n) is 6.54. The lowest BCUT2D eigenvalue weighted by atomic mass is 9.82. The van der Waals surface area contributed by atoms with Crippen LogP contribution < -0.4 is 0 Å². The van der Waals surface area contributed by atoms with Gasteiger partial charge in [0.2, 0.25) is 0 Å². The van der Waals surface area contributed by atoms with Crippen molar-refractivity contribution in [3.8, 4) is 0 Å². The summed E-state index contributed by atoms with van der Waals surface area (Å²) in [5.74, 6) is 0.674. The summed E-state index contributed by atoms with van der Waals surface area (Å²) in [5, 5.41) is 10.5. The molecule has 0 bridgehead atoms. The minimum Gasteiger partial charge on any atom is -0.390 e. The van der Waals surface area contributed by atoms with Crippen LogP contribution in [0.5, 0.6) is 0 Å². The monoisotopic (exact) mass is 213 g/mol. The van der Waals surface area contributed by atoms with E-state index in [1.165, 1.54) is 12.8 Å². The van der Waals surface area contributed by atoms with Crippen molar-refractivity contribution < 1.29 is 5.11 Å². The van der Waals surface area contributed by atoms with Gasteiger partial charge >= 0.3 is 0 Å². The van der Waals surface area contributed by atoms with Crippen LogP contribution in [0.25, 0.3) is 0 Å². The summed E-state index contributed by atoms with van der Waals surface area (Å²) in [5.41, 5.74) is -0.361. The van der Waals surface area contributed by atoms with E-state index in [9.17, 15) is 5.11 Å². The van der Waals surface area contributed by atoms with Gasteiger partial charge < -0.3 is 10.0 Å². The molecule has 1 unspecified atom stereocenters. The van der Waals surface area contributed by atoms with Crippen LogP contribution >= 0.6 is 0 Å². The average Bonchev–Trinajstić information content (AvgIpc) is 2.18. The van der Waals surface area contributed by atoms with Gasteiger partial charge in [0.15, 0.2) is 0 Å². The third-order valence-corrected chi connectivity index (χ3v) is 3.74. The lowest BCUT2D eigenvalue weighted by Crippen LogP contribution is -2.45. The fraction of sp³-hybridized carbons (Fsp3) is 1.00. The molecular formula is C13H27NO. The Hall–Kier alpha value is -0.0800. The van der Waals surface area contributed by atoms with Gasteiger partial charge in [0.05, 0.1) is 5.60 Å². The van der Waals surface area contributed by atoms with E-state index in [2.05, 4.69) is 25.7 Å². The number of nitrogens with zero attached hydrogens (tertiary/aromatic N) is 1. The van der Waals surface area contributed by atoms with Gasteiger partial charge in [0.1, 0.15) is 0 Å². The summed E-state index contributed by atoms with van der Waals surface area (Å²) < 4.78 is 0. The van der Waals surface area contributed by atoms with E-state index < -0.39 is 0 Å². The van der Waals surface area contributed by atoms with Crippen LogP contribution in [0.4, 0.5) is 0 Å². The summed E-state index contributed by atoms with van der Waals surface area (Å²) in [6, 6.07) is 0. The molecule has 0 radical (unpaired) electrons. The molecule has 15 heavy (non-hydrogen) atoms. The molecule has 0 aliphatic carbocycles. The highest BCUT2D eigenvalue weighted by molar-refractivity contribution is 4.86. The number of rotatable bonds is 5. The van der Waals surface area contributed by atoms with Gasteiger partial charge in [-0.3, -0.25) is 0 Å². The molecule has 1 rings (SSSR count). The van der Waals surface area contributed by atoms with E-state index >= 15 is 0 Å². The quantitative estimate of drug-likeness (QED) is 0.759. The molecule has 2 heteroatoms.